The Kier molecular flexibility index (Phi) is 3.07. The second kappa shape index (κ2) is 5.05. The van der Waals surface area contributed by atoms with Crippen LogP contribution in [0.25, 0.3) is 10.8 Å². The molecular weight excluding hydrogens is 289 g/mol. The molecule has 1 N–H and O–H groups in total. The fourth-order valence-electron chi connectivity index (χ4n) is 5.07. The summed E-state index contributed by atoms with van der Waals surface area (Å²) in [5.74, 6) is 0. The Balaban J connectivity index is 1.76. The summed E-state index contributed by atoms with van der Waals surface area (Å²) < 4.78 is 19.1. The molecule has 1 unspecified atom stereocenters. The Labute approximate surface area is 136 Å². The molecule has 2 aromatic rings. The molecule has 0 amide bonds. The average Bonchev–Trinajstić information content (AvgIpc) is 3.29. The third-order valence-electron chi connectivity index (χ3n) is 6.00. The highest BCUT2D eigenvalue weighted by molar-refractivity contribution is 6.62. The first kappa shape index (κ1) is 14.0. The maximum Gasteiger partial charge on any atom is 0.506 e. The fraction of sp³-hybridized carbons (Fsp3) is 0.444. The van der Waals surface area contributed by atoms with Gasteiger partial charge in [0.25, 0.3) is 0 Å². The normalized spacial score (nSPS) is 36.6. The molecule has 23 heavy (non-hydrogen) atoms. The van der Waals surface area contributed by atoms with Crippen molar-refractivity contribution in [2.45, 2.75) is 18.3 Å². The second-order valence-corrected chi connectivity index (χ2v) is 6.98. The first-order valence-electron chi connectivity index (χ1n) is 8.75. The quantitative estimate of drug-likeness (QED) is 0.848. The Morgan fingerprint density at radius 2 is 1.70 bits per heavy atom. The van der Waals surface area contributed by atoms with E-state index < -0.39 is 12.2 Å². The molecule has 4 nitrogen and oxygen atoms in total. The molecular formula is C18H22BNO3. The standard InChI is InChI=1S/C18H22BNO3/c1-2-7-16-15(5-1)6-3-8-17(16)18(9-4-12-21-18)19-20(10-13-22-19)11-14-23-19/h1-3,5-8,20H,4,9-14H2. The molecule has 2 aromatic carbocycles. The van der Waals surface area contributed by atoms with Crippen molar-refractivity contribution in [2.24, 2.45) is 0 Å². The minimum absolute atomic E-state index is 0.441. The molecule has 0 aromatic heterocycles. The van der Waals surface area contributed by atoms with Gasteiger partial charge in [-0.05, 0) is 29.2 Å². The van der Waals surface area contributed by atoms with Crippen LogP contribution >= 0.6 is 0 Å². The van der Waals surface area contributed by atoms with Gasteiger partial charge in [-0.2, -0.15) is 0 Å². The lowest BCUT2D eigenvalue weighted by molar-refractivity contribution is -0.787. The van der Waals surface area contributed by atoms with Gasteiger partial charge in [0, 0.05) is 6.61 Å². The number of rotatable bonds is 2. The van der Waals surface area contributed by atoms with Crippen molar-refractivity contribution >= 4 is 17.5 Å². The molecule has 3 heterocycles. The van der Waals surface area contributed by atoms with Crippen molar-refractivity contribution in [3.05, 3.63) is 48.0 Å². The Bertz CT molecular complexity index is 729. The first-order valence-corrected chi connectivity index (χ1v) is 8.75. The largest absolute Gasteiger partial charge is 0.508 e. The molecule has 0 spiro atoms. The van der Waals surface area contributed by atoms with Crippen molar-refractivity contribution in [3.8, 4) is 0 Å². The van der Waals surface area contributed by atoms with Crippen LogP contribution in [-0.2, 0) is 19.5 Å². The van der Waals surface area contributed by atoms with Gasteiger partial charge < -0.3 is 18.9 Å². The van der Waals surface area contributed by atoms with Gasteiger partial charge in [-0.3, -0.25) is 0 Å². The van der Waals surface area contributed by atoms with E-state index >= 15 is 0 Å². The number of benzene rings is 2. The molecule has 3 fully saturated rings. The molecule has 0 aliphatic carbocycles. The third-order valence-corrected chi connectivity index (χ3v) is 6.00. The number of hydrogen-bond donors (Lipinski definition) is 1. The molecule has 5 rings (SSSR count). The molecule has 3 aliphatic heterocycles. The molecule has 3 saturated heterocycles. The summed E-state index contributed by atoms with van der Waals surface area (Å²) in [6.45, 7) is 2.88. The maximum atomic E-state index is 6.48. The van der Waals surface area contributed by atoms with Crippen LogP contribution in [0.3, 0.4) is 0 Å². The summed E-state index contributed by atoms with van der Waals surface area (Å²) in [6, 6.07) is 15.1. The Morgan fingerprint density at radius 1 is 0.913 bits per heavy atom. The number of ether oxygens (including phenoxy) is 1. The summed E-state index contributed by atoms with van der Waals surface area (Å²) in [7, 11) is 0. The highest BCUT2D eigenvalue weighted by Crippen LogP contribution is 2.46. The van der Waals surface area contributed by atoms with Crippen LogP contribution in [0.2, 0.25) is 0 Å². The molecule has 0 radical (unpaired) electrons. The minimum atomic E-state index is -1.49. The summed E-state index contributed by atoms with van der Waals surface area (Å²) in [5, 5.41) is 2.52. The molecule has 3 aliphatic rings. The van der Waals surface area contributed by atoms with E-state index in [-0.39, 0.29) is 0 Å². The predicted octanol–water partition coefficient (Wildman–Crippen LogP) is 1.27. The molecule has 1 atom stereocenters. The predicted molar refractivity (Wildman–Crippen MR) is 89.2 cm³/mol. The highest BCUT2D eigenvalue weighted by Gasteiger charge is 2.67. The first-order chi connectivity index (χ1) is 11.4. The fourth-order valence-corrected chi connectivity index (χ4v) is 5.07. The van der Waals surface area contributed by atoms with E-state index in [0.29, 0.717) is 0 Å². The maximum absolute atomic E-state index is 6.48. The van der Waals surface area contributed by atoms with Gasteiger partial charge in [-0.25, -0.2) is 0 Å². The van der Waals surface area contributed by atoms with Crippen LogP contribution in [-0.4, -0.2) is 39.6 Å². The van der Waals surface area contributed by atoms with E-state index in [0.717, 1.165) is 45.8 Å². The van der Waals surface area contributed by atoms with Crippen LogP contribution in [0.4, 0.5) is 0 Å². The molecule has 120 valence electrons. The highest BCUT2D eigenvalue weighted by atomic mass is 16.7. The zero-order valence-electron chi connectivity index (χ0n) is 13.3. The molecule has 0 saturated carbocycles. The van der Waals surface area contributed by atoms with Crippen molar-refractivity contribution < 1.29 is 18.9 Å². The monoisotopic (exact) mass is 311 g/mol. The number of hydrogen-bond acceptors (Lipinski definition) is 3. The Hall–Kier alpha value is -1.40. The summed E-state index contributed by atoms with van der Waals surface area (Å²) in [4.78, 5) is 1.44. The van der Waals surface area contributed by atoms with E-state index in [9.17, 15) is 0 Å². The molecule has 5 heteroatoms. The number of quaternary nitrogens is 1. The van der Waals surface area contributed by atoms with Crippen LogP contribution in [0.15, 0.2) is 42.5 Å². The summed E-state index contributed by atoms with van der Waals surface area (Å²) in [6.07, 6.45) is 2.04. The zero-order chi connectivity index (χ0) is 15.3. The summed E-state index contributed by atoms with van der Waals surface area (Å²) >= 11 is 0. The number of nitrogens with one attached hydrogen (secondary N) is 1. The van der Waals surface area contributed by atoms with Gasteiger partial charge in [0.2, 0.25) is 0 Å². The lowest BCUT2D eigenvalue weighted by Gasteiger charge is -2.46. The van der Waals surface area contributed by atoms with Crippen molar-refractivity contribution in [2.75, 3.05) is 32.9 Å². The van der Waals surface area contributed by atoms with Gasteiger partial charge in [-0.1, -0.05) is 42.5 Å². The minimum Gasteiger partial charge on any atom is -0.508 e. The smallest absolute Gasteiger partial charge is 0.506 e. The number of fused-ring (bicyclic) bond motifs is 2. The lowest BCUT2D eigenvalue weighted by Crippen LogP contribution is -3.21. The van der Waals surface area contributed by atoms with Crippen LogP contribution in [0.1, 0.15) is 18.4 Å². The van der Waals surface area contributed by atoms with Crippen LogP contribution in [0, 0.1) is 0 Å². The van der Waals surface area contributed by atoms with Crippen molar-refractivity contribution in [1.29, 1.82) is 0 Å². The average molecular weight is 311 g/mol. The zero-order valence-corrected chi connectivity index (χ0v) is 13.3. The van der Waals surface area contributed by atoms with E-state index in [1.165, 1.54) is 21.1 Å². The summed E-state index contributed by atoms with van der Waals surface area (Å²) in [5.41, 5.74) is 0.804. The SMILES string of the molecule is c1ccc2c(C3([B-]45OCC[NH+]4CCO5)CCCO3)cccc2c1. The third kappa shape index (κ3) is 1.76. The van der Waals surface area contributed by atoms with Crippen molar-refractivity contribution in [3.63, 3.8) is 0 Å². The van der Waals surface area contributed by atoms with E-state index in [4.69, 9.17) is 14.0 Å². The van der Waals surface area contributed by atoms with Gasteiger partial charge >= 0.3 is 6.69 Å². The lowest BCUT2D eigenvalue weighted by atomic mass is 9.49. The van der Waals surface area contributed by atoms with Gasteiger partial charge in [0.05, 0.1) is 31.8 Å². The van der Waals surface area contributed by atoms with Crippen molar-refractivity contribution in [1.82, 2.24) is 0 Å². The van der Waals surface area contributed by atoms with E-state index in [2.05, 4.69) is 42.5 Å². The Morgan fingerprint density at radius 3 is 2.48 bits per heavy atom. The second-order valence-electron chi connectivity index (χ2n) is 6.98. The van der Waals surface area contributed by atoms with Crippen LogP contribution < -0.4 is 4.81 Å². The van der Waals surface area contributed by atoms with Gasteiger partial charge in [0.1, 0.15) is 0 Å². The van der Waals surface area contributed by atoms with E-state index in [1.54, 1.807) is 0 Å². The van der Waals surface area contributed by atoms with Gasteiger partial charge in [-0.15, -0.1) is 0 Å². The molecule has 0 bridgehead atoms. The van der Waals surface area contributed by atoms with Crippen LogP contribution in [0.5, 0.6) is 0 Å². The topological polar surface area (TPSA) is 32.1 Å². The van der Waals surface area contributed by atoms with Gasteiger partial charge in [0.15, 0.2) is 0 Å². The van der Waals surface area contributed by atoms with E-state index in [1.807, 2.05) is 0 Å².